The number of hydrogen-bond donors (Lipinski definition) is 2. The van der Waals surface area contributed by atoms with Crippen LogP contribution >= 0.6 is 23.2 Å². The molecule has 3 aromatic rings. The van der Waals surface area contributed by atoms with E-state index in [-0.39, 0.29) is 22.3 Å². The monoisotopic (exact) mass is 457 g/mol. The summed E-state index contributed by atoms with van der Waals surface area (Å²) in [6.07, 6.45) is -2.24. The Morgan fingerprint density at radius 2 is 1.87 bits per heavy atom. The number of nitrogens with zero attached hydrogens (tertiary/aromatic N) is 3. The van der Waals surface area contributed by atoms with Crippen LogP contribution in [0.15, 0.2) is 48.9 Å². The molecule has 1 aromatic carbocycles. The number of aromatic nitrogens is 3. The number of ether oxygens (including phenoxy) is 1. The highest BCUT2D eigenvalue weighted by Crippen LogP contribution is 2.36. The first-order valence-electron chi connectivity index (χ1n) is 8.24. The standard InChI is InChI=1S/C18H12Cl2F3N5O2/c19-11-2-1-3-12(14(11)20)27-16-25-9-13(15(28-16)18(21,22)23)30-17(29)26-8-10-4-6-24-7-5-10/h1-7,9H,8H2,(H,26,29)(H,25,27,28). The summed E-state index contributed by atoms with van der Waals surface area (Å²) in [7, 11) is 0. The Hall–Kier alpha value is -3.11. The van der Waals surface area contributed by atoms with Gasteiger partial charge < -0.3 is 15.4 Å². The summed E-state index contributed by atoms with van der Waals surface area (Å²) in [6.45, 7) is 0.0382. The molecule has 12 heteroatoms. The molecule has 0 aliphatic rings. The van der Waals surface area contributed by atoms with Crippen LogP contribution in [-0.4, -0.2) is 21.0 Å². The first kappa shape index (κ1) is 21.6. The van der Waals surface area contributed by atoms with Crippen molar-refractivity contribution in [1.29, 1.82) is 0 Å². The quantitative estimate of drug-likeness (QED) is 0.545. The zero-order valence-electron chi connectivity index (χ0n) is 14.9. The van der Waals surface area contributed by atoms with E-state index in [2.05, 4.69) is 25.6 Å². The average Bonchev–Trinajstić information content (AvgIpc) is 2.71. The van der Waals surface area contributed by atoms with E-state index in [9.17, 15) is 18.0 Å². The van der Waals surface area contributed by atoms with E-state index < -0.39 is 29.7 Å². The summed E-state index contributed by atoms with van der Waals surface area (Å²) < 4.78 is 45.0. The molecule has 30 heavy (non-hydrogen) atoms. The SMILES string of the molecule is O=C(NCc1ccncc1)Oc1cnc(Nc2cccc(Cl)c2Cl)nc1C(F)(F)F. The maximum Gasteiger partial charge on any atom is 0.437 e. The van der Waals surface area contributed by atoms with E-state index in [1.54, 1.807) is 18.2 Å². The molecule has 156 valence electrons. The zero-order valence-corrected chi connectivity index (χ0v) is 16.4. The van der Waals surface area contributed by atoms with E-state index >= 15 is 0 Å². The topological polar surface area (TPSA) is 89.0 Å². The summed E-state index contributed by atoms with van der Waals surface area (Å²) in [5.74, 6) is -1.26. The largest absolute Gasteiger partial charge is 0.437 e. The van der Waals surface area contributed by atoms with Gasteiger partial charge in [-0.15, -0.1) is 0 Å². The van der Waals surface area contributed by atoms with Crippen molar-refractivity contribution in [3.63, 3.8) is 0 Å². The Balaban J connectivity index is 1.77. The van der Waals surface area contributed by atoms with Crippen molar-refractivity contribution in [3.05, 3.63) is 70.2 Å². The molecular formula is C18H12Cl2F3N5O2. The van der Waals surface area contributed by atoms with Gasteiger partial charge in [0.2, 0.25) is 5.95 Å². The van der Waals surface area contributed by atoms with Crippen LogP contribution in [0.25, 0.3) is 0 Å². The number of benzene rings is 1. The van der Waals surface area contributed by atoms with E-state index in [0.29, 0.717) is 5.56 Å². The van der Waals surface area contributed by atoms with Crippen LogP contribution in [0.1, 0.15) is 11.3 Å². The Bertz CT molecular complexity index is 1050. The summed E-state index contributed by atoms with van der Waals surface area (Å²) >= 11 is 11.9. The molecule has 0 unspecified atom stereocenters. The highest BCUT2D eigenvalue weighted by atomic mass is 35.5. The van der Waals surface area contributed by atoms with Crippen molar-refractivity contribution >= 4 is 40.9 Å². The Labute approximate surface area is 178 Å². The molecule has 0 radical (unpaired) electrons. The highest BCUT2D eigenvalue weighted by Gasteiger charge is 2.38. The van der Waals surface area contributed by atoms with Crippen LogP contribution in [0.3, 0.4) is 0 Å². The van der Waals surface area contributed by atoms with Crippen molar-refractivity contribution in [2.24, 2.45) is 0 Å². The third-order valence-electron chi connectivity index (χ3n) is 3.61. The minimum absolute atomic E-state index is 0.0382. The van der Waals surface area contributed by atoms with E-state index in [1.807, 2.05) is 0 Å². The Morgan fingerprint density at radius 1 is 1.13 bits per heavy atom. The second kappa shape index (κ2) is 9.14. The number of carbonyl (C=O) groups is 1. The van der Waals surface area contributed by atoms with Crippen LogP contribution < -0.4 is 15.4 Å². The summed E-state index contributed by atoms with van der Waals surface area (Å²) in [5.41, 5.74) is -0.537. The van der Waals surface area contributed by atoms with E-state index in [4.69, 9.17) is 27.9 Å². The fourth-order valence-corrected chi connectivity index (χ4v) is 2.59. The number of rotatable bonds is 5. The van der Waals surface area contributed by atoms with Gasteiger partial charge in [-0.1, -0.05) is 29.3 Å². The number of nitrogens with one attached hydrogen (secondary N) is 2. The maximum absolute atomic E-state index is 13.4. The van der Waals surface area contributed by atoms with Gasteiger partial charge in [0.05, 0.1) is 21.9 Å². The molecule has 3 rings (SSSR count). The molecule has 0 spiro atoms. The first-order valence-corrected chi connectivity index (χ1v) is 8.99. The van der Waals surface area contributed by atoms with Gasteiger partial charge in [-0.25, -0.2) is 14.8 Å². The normalized spacial score (nSPS) is 11.1. The molecule has 0 saturated heterocycles. The van der Waals surface area contributed by atoms with Crippen LogP contribution in [0.2, 0.25) is 10.0 Å². The molecule has 0 fully saturated rings. The number of halogens is 5. The minimum Gasteiger partial charge on any atom is -0.406 e. The van der Waals surface area contributed by atoms with E-state index in [0.717, 1.165) is 6.20 Å². The van der Waals surface area contributed by atoms with Crippen LogP contribution in [0, 0.1) is 0 Å². The van der Waals surface area contributed by atoms with Crippen molar-refractivity contribution in [2.45, 2.75) is 12.7 Å². The Kier molecular flexibility index (Phi) is 6.58. The van der Waals surface area contributed by atoms with Gasteiger partial charge in [0.15, 0.2) is 11.4 Å². The molecule has 0 bridgehead atoms. The van der Waals surface area contributed by atoms with Gasteiger partial charge >= 0.3 is 12.3 Å². The lowest BCUT2D eigenvalue weighted by molar-refractivity contribution is -0.142. The van der Waals surface area contributed by atoms with Gasteiger partial charge in [-0.05, 0) is 29.8 Å². The molecule has 1 amide bonds. The zero-order chi connectivity index (χ0) is 21.7. The lowest BCUT2D eigenvalue weighted by Crippen LogP contribution is -2.27. The molecule has 2 N–H and O–H groups in total. The van der Waals surface area contributed by atoms with Gasteiger partial charge in [-0.3, -0.25) is 4.98 Å². The second-order valence-electron chi connectivity index (χ2n) is 5.73. The minimum atomic E-state index is -4.90. The Morgan fingerprint density at radius 3 is 2.57 bits per heavy atom. The number of carbonyl (C=O) groups excluding carboxylic acids is 1. The number of hydrogen-bond acceptors (Lipinski definition) is 6. The average molecular weight is 458 g/mol. The summed E-state index contributed by atoms with van der Waals surface area (Å²) in [4.78, 5) is 22.9. The van der Waals surface area contributed by atoms with Crippen molar-refractivity contribution in [3.8, 4) is 5.75 Å². The summed E-state index contributed by atoms with van der Waals surface area (Å²) in [6, 6.07) is 7.81. The van der Waals surface area contributed by atoms with E-state index in [1.165, 1.54) is 24.5 Å². The molecule has 2 aromatic heterocycles. The number of amides is 1. The summed E-state index contributed by atoms with van der Waals surface area (Å²) in [5, 5.41) is 5.17. The predicted octanol–water partition coefficient (Wildman–Crippen LogP) is 5.23. The molecule has 7 nitrogen and oxygen atoms in total. The lowest BCUT2D eigenvalue weighted by atomic mass is 10.3. The van der Waals surface area contributed by atoms with Crippen LogP contribution in [0.5, 0.6) is 5.75 Å². The van der Waals surface area contributed by atoms with Crippen molar-refractivity contribution < 1.29 is 22.7 Å². The third kappa shape index (κ3) is 5.49. The fraction of sp³-hybridized carbons (Fsp3) is 0.111. The highest BCUT2D eigenvalue weighted by molar-refractivity contribution is 6.43. The van der Waals surface area contributed by atoms with Gasteiger partial charge in [0, 0.05) is 18.9 Å². The number of alkyl halides is 3. The molecule has 2 heterocycles. The molecule has 0 saturated carbocycles. The van der Waals surface area contributed by atoms with Gasteiger partial charge in [-0.2, -0.15) is 13.2 Å². The molecule has 0 aliphatic carbocycles. The third-order valence-corrected chi connectivity index (χ3v) is 4.43. The molecular weight excluding hydrogens is 446 g/mol. The van der Waals surface area contributed by atoms with Gasteiger partial charge in [0.25, 0.3) is 0 Å². The molecule has 0 aliphatic heterocycles. The van der Waals surface area contributed by atoms with Crippen molar-refractivity contribution in [1.82, 2.24) is 20.3 Å². The fourth-order valence-electron chi connectivity index (χ4n) is 2.24. The smallest absolute Gasteiger partial charge is 0.406 e. The van der Waals surface area contributed by atoms with Crippen LogP contribution in [0.4, 0.5) is 29.6 Å². The molecule has 0 atom stereocenters. The maximum atomic E-state index is 13.4. The second-order valence-corrected chi connectivity index (χ2v) is 6.51. The number of anilines is 2. The first-order chi connectivity index (χ1) is 14.2. The lowest BCUT2D eigenvalue weighted by Gasteiger charge is -2.14. The number of pyridine rings is 1. The van der Waals surface area contributed by atoms with Crippen molar-refractivity contribution in [2.75, 3.05) is 5.32 Å². The van der Waals surface area contributed by atoms with Gasteiger partial charge in [0.1, 0.15) is 0 Å². The predicted molar refractivity (Wildman–Crippen MR) is 104 cm³/mol. The van der Waals surface area contributed by atoms with Crippen LogP contribution in [-0.2, 0) is 12.7 Å².